The van der Waals surface area contributed by atoms with Crippen LogP contribution in [-0.2, 0) is 14.4 Å². The highest BCUT2D eigenvalue weighted by Crippen LogP contribution is 2.41. The van der Waals surface area contributed by atoms with Gasteiger partial charge in [0.15, 0.2) is 0 Å². The third-order valence-electron chi connectivity index (χ3n) is 6.64. The van der Waals surface area contributed by atoms with Gasteiger partial charge in [0.05, 0.1) is 0 Å². The second-order valence-corrected chi connectivity index (χ2v) is 8.61. The van der Waals surface area contributed by atoms with Gasteiger partial charge in [-0.05, 0) is 44.2 Å². The molecule has 1 spiro atoms. The zero-order valence-corrected chi connectivity index (χ0v) is 16.4. The first-order chi connectivity index (χ1) is 13.6. The molecule has 1 aliphatic carbocycles. The Labute approximate surface area is 166 Å². The summed E-state index contributed by atoms with van der Waals surface area (Å²) in [4.78, 5) is 41.5. The molecule has 3 fully saturated rings. The van der Waals surface area contributed by atoms with Gasteiger partial charge < -0.3 is 15.1 Å². The molecule has 4 rings (SSSR count). The highest BCUT2D eigenvalue weighted by molar-refractivity contribution is 6.39. The van der Waals surface area contributed by atoms with Gasteiger partial charge in [-0.25, -0.2) is 0 Å². The topological polar surface area (TPSA) is 69.7 Å². The molecule has 0 aromatic heterocycles. The minimum atomic E-state index is -0.581. The Kier molecular flexibility index (Phi) is 5.38. The molecule has 1 saturated carbocycles. The molecular weight excluding hydrogens is 354 g/mol. The summed E-state index contributed by atoms with van der Waals surface area (Å²) in [5.41, 5.74) is 0.570. The molecule has 3 amide bonds. The van der Waals surface area contributed by atoms with E-state index in [1.54, 1.807) is 17.0 Å². The van der Waals surface area contributed by atoms with Crippen molar-refractivity contribution in [2.75, 3.05) is 25.0 Å². The van der Waals surface area contributed by atoms with Gasteiger partial charge in [0.2, 0.25) is 5.91 Å². The van der Waals surface area contributed by atoms with E-state index in [-0.39, 0.29) is 11.3 Å². The number of para-hydroxylation sites is 1. The van der Waals surface area contributed by atoms with Crippen LogP contribution in [0.25, 0.3) is 0 Å². The van der Waals surface area contributed by atoms with E-state index in [4.69, 9.17) is 0 Å². The second-order valence-electron chi connectivity index (χ2n) is 8.61. The minimum Gasteiger partial charge on any atom is -0.339 e. The number of carbonyl (C=O) groups excluding carboxylic acids is 3. The van der Waals surface area contributed by atoms with Crippen molar-refractivity contribution in [3.63, 3.8) is 0 Å². The lowest BCUT2D eigenvalue weighted by Gasteiger charge is -2.49. The molecule has 1 atom stereocenters. The van der Waals surface area contributed by atoms with Crippen LogP contribution in [0.3, 0.4) is 0 Å². The number of anilines is 1. The van der Waals surface area contributed by atoms with E-state index in [0.29, 0.717) is 31.2 Å². The molecule has 6 heteroatoms. The maximum atomic E-state index is 12.8. The molecule has 1 unspecified atom stereocenters. The monoisotopic (exact) mass is 383 g/mol. The fourth-order valence-electron chi connectivity index (χ4n) is 5.16. The van der Waals surface area contributed by atoms with Crippen LogP contribution in [0.1, 0.15) is 51.4 Å². The average molecular weight is 383 g/mol. The Hall–Kier alpha value is -2.37. The number of amides is 3. The maximum absolute atomic E-state index is 12.8. The van der Waals surface area contributed by atoms with Gasteiger partial charge in [0, 0.05) is 43.2 Å². The molecule has 1 aromatic rings. The van der Waals surface area contributed by atoms with Crippen LogP contribution in [0.2, 0.25) is 0 Å². The Morgan fingerprint density at radius 3 is 2.50 bits per heavy atom. The number of carbonyl (C=O) groups is 3. The van der Waals surface area contributed by atoms with Crippen LogP contribution < -0.4 is 5.32 Å². The summed E-state index contributed by atoms with van der Waals surface area (Å²) in [6, 6.07) is 9.44. The van der Waals surface area contributed by atoms with E-state index in [0.717, 1.165) is 38.6 Å². The first-order valence-corrected chi connectivity index (χ1v) is 10.5. The van der Waals surface area contributed by atoms with Gasteiger partial charge in [-0.3, -0.25) is 14.4 Å². The summed E-state index contributed by atoms with van der Waals surface area (Å²) in [6.45, 7) is 1.92. The lowest BCUT2D eigenvalue weighted by Crippen LogP contribution is -2.57. The predicted molar refractivity (Wildman–Crippen MR) is 107 cm³/mol. The highest BCUT2D eigenvalue weighted by Gasteiger charge is 2.45. The quantitative estimate of drug-likeness (QED) is 0.799. The predicted octanol–water partition coefficient (Wildman–Crippen LogP) is 2.80. The SMILES string of the molecule is O=C(Nc1ccccc1)C(=O)N1CCCC2(CCC(=O)N(C3CCCC3)C2)C1. The first-order valence-electron chi connectivity index (χ1n) is 10.5. The number of rotatable bonds is 2. The van der Waals surface area contributed by atoms with Crippen molar-refractivity contribution < 1.29 is 14.4 Å². The van der Waals surface area contributed by atoms with Crippen molar-refractivity contribution in [1.82, 2.24) is 9.80 Å². The average Bonchev–Trinajstić information content (AvgIpc) is 3.25. The first kappa shape index (κ1) is 19.0. The van der Waals surface area contributed by atoms with E-state index in [2.05, 4.69) is 10.2 Å². The van der Waals surface area contributed by atoms with E-state index in [1.165, 1.54) is 12.8 Å². The Balaban J connectivity index is 1.42. The fourth-order valence-corrected chi connectivity index (χ4v) is 5.16. The number of likely N-dealkylation sites (tertiary alicyclic amines) is 2. The van der Waals surface area contributed by atoms with E-state index >= 15 is 0 Å². The normalized spacial score (nSPS) is 25.9. The summed E-state index contributed by atoms with van der Waals surface area (Å²) in [6.07, 6.45) is 7.89. The van der Waals surface area contributed by atoms with Crippen molar-refractivity contribution in [1.29, 1.82) is 0 Å². The molecule has 6 nitrogen and oxygen atoms in total. The van der Waals surface area contributed by atoms with E-state index in [9.17, 15) is 14.4 Å². The number of hydrogen-bond donors (Lipinski definition) is 1. The third-order valence-corrected chi connectivity index (χ3v) is 6.64. The van der Waals surface area contributed by atoms with Crippen LogP contribution in [0.5, 0.6) is 0 Å². The molecule has 28 heavy (non-hydrogen) atoms. The van der Waals surface area contributed by atoms with Gasteiger partial charge in [-0.1, -0.05) is 31.0 Å². The van der Waals surface area contributed by atoms with Crippen LogP contribution in [0, 0.1) is 5.41 Å². The van der Waals surface area contributed by atoms with Crippen LogP contribution in [0.15, 0.2) is 30.3 Å². The van der Waals surface area contributed by atoms with Gasteiger partial charge in [0.25, 0.3) is 0 Å². The maximum Gasteiger partial charge on any atom is 0.313 e. The molecule has 0 bridgehead atoms. The number of hydrogen-bond acceptors (Lipinski definition) is 3. The second kappa shape index (κ2) is 7.94. The summed E-state index contributed by atoms with van der Waals surface area (Å²) < 4.78 is 0. The summed E-state index contributed by atoms with van der Waals surface area (Å²) in [5, 5.41) is 2.70. The van der Waals surface area contributed by atoms with Crippen molar-refractivity contribution >= 4 is 23.4 Å². The Morgan fingerprint density at radius 2 is 1.75 bits per heavy atom. The molecule has 1 aromatic carbocycles. The molecule has 150 valence electrons. The van der Waals surface area contributed by atoms with Gasteiger partial charge >= 0.3 is 11.8 Å². The zero-order chi connectivity index (χ0) is 19.6. The minimum absolute atomic E-state index is 0.0581. The highest BCUT2D eigenvalue weighted by atomic mass is 16.2. The van der Waals surface area contributed by atoms with Gasteiger partial charge in [-0.2, -0.15) is 0 Å². The molecule has 3 aliphatic rings. The fraction of sp³-hybridized carbons (Fsp3) is 0.591. The number of nitrogens with one attached hydrogen (secondary N) is 1. The van der Waals surface area contributed by atoms with Crippen molar-refractivity contribution in [3.05, 3.63) is 30.3 Å². The number of piperidine rings is 2. The lowest BCUT2D eigenvalue weighted by molar-refractivity contribution is -0.149. The largest absolute Gasteiger partial charge is 0.339 e. The molecule has 0 radical (unpaired) electrons. The van der Waals surface area contributed by atoms with E-state index < -0.39 is 11.8 Å². The van der Waals surface area contributed by atoms with Gasteiger partial charge in [0.1, 0.15) is 0 Å². The van der Waals surface area contributed by atoms with Crippen molar-refractivity contribution in [2.45, 2.75) is 57.4 Å². The van der Waals surface area contributed by atoms with Crippen molar-refractivity contribution in [2.24, 2.45) is 5.41 Å². The summed E-state index contributed by atoms with van der Waals surface area (Å²) in [7, 11) is 0. The van der Waals surface area contributed by atoms with Crippen LogP contribution >= 0.6 is 0 Å². The van der Waals surface area contributed by atoms with Crippen LogP contribution in [0.4, 0.5) is 5.69 Å². The summed E-state index contributed by atoms with van der Waals surface area (Å²) in [5.74, 6) is -0.780. The smallest absolute Gasteiger partial charge is 0.313 e. The summed E-state index contributed by atoms with van der Waals surface area (Å²) >= 11 is 0. The molecule has 1 N–H and O–H groups in total. The van der Waals surface area contributed by atoms with Crippen LogP contribution in [-0.4, -0.2) is 53.2 Å². The Bertz CT molecular complexity index is 745. The number of nitrogens with zero attached hydrogens (tertiary/aromatic N) is 2. The number of benzene rings is 1. The standard InChI is InChI=1S/C22H29N3O3/c26-19-11-13-22(16-25(19)18-9-4-5-10-18)12-6-14-24(15-22)21(28)20(27)23-17-7-2-1-3-8-17/h1-3,7-8,18H,4-6,9-16H2,(H,23,27). The van der Waals surface area contributed by atoms with Crippen molar-refractivity contribution in [3.8, 4) is 0 Å². The van der Waals surface area contributed by atoms with Gasteiger partial charge in [-0.15, -0.1) is 0 Å². The third kappa shape index (κ3) is 3.91. The molecule has 2 aliphatic heterocycles. The molecule has 2 heterocycles. The lowest BCUT2D eigenvalue weighted by atomic mass is 9.73. The zero-order valence-electron chi connectivity index (χ0n) is 16.4. The Morgan fingerprint density at radius 1 is 1.00 bits per heavy atom. The molecule has 2 saturated heterocycles. The molecular formula is C22H29N3O3. The van der Waals surface area contributed by atoms with E-state index in [1.807, 2.05) is 18.2 Å².